The predicted octanol–water partition coefficient (Wildman–Crippen LogP) is 0.185. The van der Waals surface area contributed by atoms with Crippen molar-refractivity contribution in [3.05, 3.63) is 46.4 Å². The van der Waals surface area contributed by atoms with Gasteiger partial charge in [-0.1, -0.05) is 12.1 Å². The Labute approximate surface area is 131 Å². The first-order chi connectivity index (χ1) is 10.9. The van der Waals surface area contributed by atoms with Gasteiger partial charge in [0.2, 0.25) is 0 Å². The highest BCUT2D eigenvalue weighted by Crippen LogP contribution is 2.22. The van der Waals surface area contributed by atoms with Crippen LogP contribution < -0.4 is 11.0 Å². The van der Waals surface area contributed by atoms with Crippen LogP contribution in [0, 0.1) is 0 Å². The summed E-state index contributed by atoms with van der Waals surface area (Å²) < 4.78 is 1.83. The van der Waals surface area contributed by atoms with Crippen LogP contribution in [-0.4, -0.2) is 44.8 Å². The second kappa shape index (κ2) is 6.93. The Kier molecular flexibility index (Phi) is 4.97. The molecule has 4 N–H and O–H groups in total. The summed E-state index contributed by atoms with van der Waals surface area (Å²) in [7, 11) is 1.94. The highest BCUT2D eigenvalue weighted by molar-refractivity contribution is 5.89. The molecule has 8 heteroatoms. The number of rotatable bonds is 3. The molecule has 8 nitrogen and oxygen atoms in total. The largest absolute Gasteiger partial charge is 0.478 e. The van der Waals surface area contributed by atoms with Crippen molar-refractivity contribution in [3.63, 3.8) is 0 Å². The molecule has 0 saturated carbocycles. The van der Waals surface area contributed by atoms with E-state index in [0.717, 1.165) is 24.0 Å². The first kappa shape index (κ1) is 16.5. The lowest BCUT2D eigenvalue weighted by Crippen LogP contribution is -2.38. The lowest BCUT2D eigenvalue weighted by molar-refractivity contribution is -0.134. The highest BCUT2D eigenvalue weighted by atomic mass is 16.4. The van der Waals surface area contributed by atoms with E-state index >= 15 is 0 Å². The van der Waals surface area contributed by atoms with Crippen molar-refractivity contribution in [2.24, 2.45) is 0 Å². The molecule has 0 radical (unpaired) electrons. The average Bonchev–Trinajstić information content (AvgIpc) is 2.84. The van der Waals surface area contributed by atoms with Gasteiger partial charge in [0.1, 0.15) is 0 Å². The first-order valence-corrected chi connectivity index (χ1v) is 6.94. The molecule has 0 saturated heterocycles. The maximum absolute atomic E-state index is 11.7. The topological polar surface area (TPSA) is 124 Å². The number of carboxylic acid groups (broad SMARTS) is 2. The summed E-state index contributed by atoms with van der Waals surface area (Å²) in [5.41, 5.74) is 3.27. The van der Waals surface area contributed by atoms with Gasteiger partial charge in [-0.25, -0.2) is 14.4 Å². The summed E-state index contributed by atoms with van der Waals surface area (Å²) in [6.07, 6.45) is 2.11. The van der Waals surface area contributed by atoms with Crippen LogP contribution >= 0.6 is 0 Å². The molecule has 0 spiro atoms. The Morgan fingerprint density at radius 1 is 1.30 bits per heavy atom. The van der Waals surface area contributed by atoms with Crippen LogP contribution in [-0.2, 0) is 22.6 Å². The number of aliphatic carboxylic acids is 2. The monoisotopic (exact) mass is 319 g/mol. The number of nitrogens with one attached hydrogen (secondary N) is 2. The zero-order valence-corrected chi connectivity index (χ0v) is 12.4. The molecule has 2 aromatic rings. The molecular weight excluding hydrogens is 302 g/mol. The minimum atomic E-state index is -1.26. The molecule has 0 aliphatic carbocycles. The molecular formula is C15H17N3O5. The number of aromatic nitrogens is 2. The van der Waals surface area contributed by atoms with Crippen molar-refractivity contribution >= 4 is 23.0 Å². The van der Waals surface area contributed by atoms with Crippen LogP contribution in [0.25, 0.3) is 11.0 Å². The second-order valence-corrected chi connectivity index (χ2v) is 5.05. The summed E-state index contributed by atoms with van der Waals surface area (Å²) in [4.78, 5) is 33.7. The number of para-hydroxylation sites is 1. The van der Waals surface area contributed by atoms with E-state index < -0.39 is 11.9 Å². The van der Waals surface area contributed by atoms with Gasteiger partial charge in [-0.05, 0) is 25.1 Å². The molecule has 2 heterocycles. The van der Waals surface area contributed by atoms with Crippen molar-refractivity contribution in [2.45, 2.75) is 19.0 Å². The van der Waals surface area contributed by atoms with Gasteiger partial charge in [0, 0.05) is 24.7 Å². The van der Waals surface area contributed by atoms with Gasteiger partial charge in [-0.2, -0.15) is 0 Å². The number of hydrogen-bond donors (Lipinski definition) is 4. The molecule has 0 fully saturated rings. The van der Waals surface area contributed by atoms with Crippen molar-refractivity contribution in [2.75, 3.05) is 7.05 Å². The van der Waals surface area contributed by atoms with E-state index in [4.69, 9.17) is 10.2 Å². The third-order valence-electron chi connectivity index (χ3n) is 3.52. The van der Waals surface area contributed by atoms with Crippen LogP contribution in [0.2, 0.25) is 0 Å². The molecule has 1 unspecified atom stereocenters. The van der Waals surface area contributed by atoms with Crippen molar-refractivity contribution in [3.8, 4) is 0 Å². The third-order valence-corrected chi connectivity index (χ3v) is 3.52. The Morgan fingerprint density at radius 2 is 1.96 bits per heavy atom. The lowest BCUT2D eigenvalue weighted by Gasteiger charge is -2.22. The smallest absolute Gasteiger partial charge is 0.328 e. The van der Waals surface area contributed by atoms with Gasteiger partial charge < -0.3 is 20.5 Å². The van der Waals surface area contributed by atoms with Gasteiger partial charge >= 0.3 is 17.6 Å². The van der Waals surface area contributed by atoms with Crippen LogP contribution in [0.5, 0.6) is 0 Å². The molecule has 122 valence electrons. The first-order valence-electron chi connectivity index (χ1n) is 6.94. The van der Waals surface area contributed by atoms with Crippen molar-refractivity contribution in [1.82, 2.24) is 14.9 Å². The summed E-state index contributed by atoms with van der Waals surface area (Å²) in [5.74, 6) is -2.51. The van der Waals surface area contributed by atoms with Crippen LogP contribution in [0.15, 0.2) is 35.1 Å². The van der Waals surface area contributed by atoms with Gasteiger partial charge in [0.05, 0.1) is 11.0 Å². The number of carbonyl (C=O) groups is 2. The van der Waals surface area contributed by atoms with Gasteiger partial charge in [0.25, 0.3) is 0 Å². The van der Waals surface area contributed by atoms with Crippen LogP contribution in [0.4, 0.5) is 0 Å². The van der Waals surface area contributed by atoms with E-state index in [0.29, 0.717) is 18.2 Å². The molecule has 1 atom stereocenters. The minimum absolute atomic E-state index is 0.00241. The lowest BCUT2D eigenvalue weighted by atomic mass is 10.0. The minimum Gasteiger partial charge on any atom is -0.478 e. The number of aromatic amines is 1. The quantitative estimate of drug-likeness (QED) is 0.598. The molecule has 23 heavy (non-hydrogen) atoms. The zero-order chi connectivity index (χ0) is 17.0. The van der Waals surface area contributed by atoms with E-state index in [1.165, 1.54) is 5.56 Å². The van der Waals surface area contributed by atoms with Crippen molar-refractivity contribution < 1.29 is 19.8 Å². The van der Waals surface area contributed by atoms with Gasteiger partial charge in [-0.15, -0.1) is 0 Å². The fourth-order valence-corrected chi connectivity index (χ4v) is 2.52. The zero-order valence-electron chi connectivity index (χ0n) is 12.4. The molecule has 1 aliphatic heterocycles. The Morgan fingerprint density at radius 3 is 2.52 bits per heavy atom. The summed E-state index contributed by atoms with van der Waals surface area (Å²) in [6, 6.07) is 6.40. The maximum atomic E-state index is 11.7. The number of imidazole rings is 1. The molecule has 1 aliphatic rings. The molecule has 3 rings (SSSR count). The molecule has 1 aromatic heterocycles. The Bertz CT molecular complexity index is 802. The Balaban J connectivity index is 0.000000207. The second-order valence-electron chi connectivity index (χ2n) is 5.05. The van der Waals surface area contributed by atoms with E-state index in [1.807, 2.05) is 23.7 Å². The van der Waals surface area contributed by atoms with Crippen LogP contribution in [0.3, 0.4) is 0 Å². The maximum Gasteiger partial charge on any atom is 0.328 e. The normalized spacial score (nSPS) is 16.1. The third kappa shape index (κ3) is 3.86. The predicted molar refractivity (Wildman–Crippen MR) is 83.5 cm³/mol. The number of hydrogen-bond acceptors (Lipinski definition) is 4. The Hall–Kier alpha value is -2.87. The highest BCUT2D eigenvalue weighted by Gasteiger charge is 2.21. The van der Waals surface area contributed by atoms with Crippen molar-refractivity contribution in [1.29, 1.82) is 0 Å². The standard InChI is InChI=1S/C11H13N3O.C4H4O4/c1-12-8-5-7-3-2-4-9-10(7)14(6-8)11(15)13-9;5-3(6)1-2-4(7)8/h2-4,8,12H,5-6H2,1H3,(H,13,15);1-2H,(H,5,6)(H,7,8)/b;2-1+. The number of benzene rings is 1. The molecule has 0 amide bonds. The number of H-pyrrole nitrogens is 1. The summed E-state index contributed by atoms with van der Waals surface area (Å²) >= 11 is 0. The van der Waals surface area contributed by atoms with E-state index in [2.05, 4.69) is 16.4 Å². The summed E-state index contributed by atoms with van der Waals surface area (Å²) in [5, 5.41) is 18.9. The average molecular weight is 319 g/mol. The number of nitrogens with zero attached hydrogens (tertiary/aromatic N) is 1. The fourth-order valence-electron chi connectivity index (χ4n) is 2.52. The van der Waals surface area contributed by atoms with E-state index in [1.54, 1.807) is 0 Å². The van der Waals surface area contributed by atoms with Gasteiger partial charge in [0.15, 0.2) is 0 Å². The van der Waals surface area contributed by atoms with Gasteiger partial charge in [-0.3, -0.25) is 4.57 Å². The molecule has 1 aromatic carbocycles. The fraction of sp³-hybridized carbons (Fsp3) is 0.267. The van der Waals surface area contributed by atoms with E-state index in [-0.39, 0.29) is 5.69 Å². The van der Waals surface area contributed by atoms with E-state index in [9.17, 15) is 14.4 Å². The van der Waals surface area contributed by atoms with Crippen LogP contribution in [0.1, 0.15) is 5.56 Å². The number of carboxylic acids is 2. The summed E-state index contributed by atoms with van der Waals surface area (Å²) in [6.45, 7) is 0.756. The molecule has 0 bridgehead atoms. The SMILES string of the molecule is CNC1Cc2cccc3[nH]c(=O)n(c23)C1.O=C(O)/C=C/C(=O)O. The number of likely N-dealkylation sites (N-methyl/N-ethyl adjacent to an activating group) is 1.